The monoisotopic (exact) mass is 433 g/mol. The number of hydrogen-bond donors (Lipinski definition) is 3. The Labute approximate surface area is 163 Å². The first-order valence-corrected chi connectivity index (χ1v) is 8.80. The van der Waals surface area contributed by atoms with Gasteiger partial charge in [0.25, 0.3) is 0 Å². The molecule has 2 amide bonds. The van der Waals surface area contributed by atoms with Crippen LogP contribution < -0.4 is 16.0 Å². The Balaban J connectivity index is 0.00000312. The van der Waals surface area contributed by atoms with Crippen molar-refractivity contribution in [1.29, 1.82) is 0 Å². The van der Waals surface area contributed by atoms with Gasteiger partial charge in [0, 0.05) is 17.3 Å². The zero-order valence-corrected chi connectivity index (χ0v) is 16.9. The molecule has 0 aromatic heterocycles. The molecule has 1 heterocycles. The average Bonchev–Trinajstić information content (AvgIpc) is 2.57. The quantitative estimate of drug-likeness (QED) is 0.641. The van der Waals surface area contributed by atoms with Gasteiger partial charge in [0.05, 0.1) is 18.6 Å². The van der Waals surface area contributed by atoms with E-state index >= 15 is 0 Å². The predicted molar refractivity (Wildman–Crippen MR) is 104 cm³/mol. The molecule has 6 nitrogen and oxygen atoms in total. The normalized spacial score (nSPS) is 15.8. The van der Waals surface area contributed by atoms with Crippen LogP contribution in [0, 0.1) is 12.3 Å². The van der Waals surface area contributed by atoms with Gasteiger partial charge >= 0.3 is 0 Å². The Morgan fingerprint density at radius 2 is 2.00 bits per heavy atom. The lowest BCUT2D eigenvalue weighted by molar-refractivity contribution is -0.137. The van der Waals surface area contributed by atoms with Crippen molar-refractivity contribution in [3.05, 3.63) is 28.2 Å². The standard InChI is InChI=1S/C17H24BrN3O3.ClH/c1-12-9-13(3-4-14(12)18)21-15(22)10-20-16(23)17(11-24-2)5-7-19-8-6-17;/h3-4,9,19H,5-8,10-11H2,1-2H3,(H,20,23)(H,21,22);1H. The van der Waals surface area contributed by atoms with E-state index in [0.717, 1.165) is 23.1 Å². The van der Waals surface area contributed by atoms with Crippen LogP contribution in [0.1, 0.15) is 18.4 Å². The Morgan fingerprint density at radius 3 is 2.60 bits per heavy atom. The molecule has 0 saturated carbocycles. The van der Waals surface area contributed by atoms with Crippen molar-refractivity contribution in [2.24, 2.45) is 5.41 Å². The van der Waals surface area contributed by atoms with Gasteiger partial charge in [-0.05, 0) is 56.6 Å². The molecule has 0 unspecified atom stereocenters. The maximum absolute atomic E-state index is 12.6. The van der Waals surface area contributed by atoms with Crippen molar-refractivity contribution in [3.63, 3.8) is 0 Å². The van der Waals surface area contributed by atoms with E-state index in [0.29, 0.717) is 25.1 Å². The number of halogens is 2. The van der Waals surface area contributed by atoms with E-state index in [9.17, 15) is 9.59 Å². The minimum absolute atomic E-state index is 0. The lowest BCUT2D eigenvalue weighted by Crippen LogP contribution is -2.51. The van der Waals surface area contributed by atoms with Gasteiger partial charge in [0.1, 0.15) is 0 Å². The summed E-state index contributed by atoms with van der Waals surface area (Å²) in [5.74, 6) is -0.362. The van der Waals surface area contributed by atoms with Crippen LogP contribution in [0.25, 0.3) is 0 Å². The summed E-state index contributed by atoms with van der Waals surface area (Å²) in [6, 6.07) is 5.57. The van der Waals surface area contributed by atoms with E-state index in [1.54, 1.807) is 7.11 Å². The lowest BCUT2D eigenvalue weighted by Gasteiger charge is -2.35. The second-order valence-corrected chi connectivity index (χ2v) is 7.01. The van der Waals surface area contributed by atoms with Gasteiger partial charge < -0.3 is 20.7 Å². The molecule has 1 aromatic rings. The van der Waals surface area contributed by atoms with E-state index in [-0.39, 0.29) is 30.8 Å². The summed E-state index contributed by atoms with van der Waals surface area (Å²) < 4.78 is 6.23. The van der Waals surface area contributed by atoms with E-state index in [2.05, 4.69) is 31.9 Å². The Bertz CT molecular complexity index is 601. The minimum atomic E-state index is -0.547. The Morgan fingerprint density at radius 1 is 1.32 bits per heavy atom. The van der Waals surface area contributed by atoms with Crippen LogP contribution >= 0.6 is 28.3 Å². The first-order chi connectivity index (χ1) is 11.5. The number of hydrogen-bond acceptors (Lipinski definition) is 4. The number of anilines is 1. The smallest absolute Gasteiger partial charge is 0.243 e. The molecular formula is C17H25BrClN3O3. The molecule has 8 heteroatoms. The second-order valence-electron chi connectivity index (χ2n) is 6.16. The summed E-state index contributed by atoms with van der Waals surface area (Å²) in [6.45, 7) is 3.83. The number of nitrogens with one attached hydrogen (secondary N) is 3. The first kappa shape index (κ1) is 21.9. The van der Waals surface area contributed by atoms with E-state index in [1.165, 1.54) is 0 Å². The summed E-state index contributed by atoms with van der Waals surface area (Å²) in [4.78, 5) is 24.6. The zero-order valence-electron chi connectivity index (χ0n) is 14.5. The fourth-order valence-electron chi connectivity index (χ4n) is 2.89. The highest BCUT2D eigenvalue weighted by atomic mass is 79.9. The molecule has 0 radical (unpaired) electrons. The molecule has 0 atom stereocenters. The van der Waals surface area contributed by atoms with Crippen molar-refractivity contribution < 1.29 is 14.3 Å². The van der Waals surface area contributed by atoms with E-state index < -0.39 is 5.41 Å². The number of methoxy groups -OCH3 is 1. The van der Waals surface area contributed by atoms with Crippen LogP contribution in [0.3, 0.4) is 0 Å². The van der Waals surface area contributed by atoms with Crippen LogP contribution in [-0.4, -0.2) is 45.2 Å². The zero-order chi connectivity index (χ0) is 17.6. The van der Waals surface area contributed by atoms with E-state index in [4.69, 9.17) is 4.74 Å². The van der Waals surface area contributed by atoms with Crippen LogP contribution in [0.4, 0.5) is 5.69 Å². The summed E-state index contributed by atoms with van der Waals surface area (Å²) in [6.07, 6.45) is 1.42. The Kier molecular flexibility index (Phi) is 8.85. The fraction of sp³-hybridized carbons (Fsp3) is 0.529. The fourth-order valence-corrected chi connectivity index (χ4v) is 3.14. The van der Waals surface area contributed by atoms with Gasteiger partial charge in [0.2, 0.25) is 11.8 Å². The summed E-state index contributed by atoms with van der Waals surface area (Å²) >= 11 is 3.42. The average molecular weight is 435 g/mol. The number of rotatable bonds is 6. The summed E-state index contributed by atoms with van der Waals surface area (Å²) in [7, 11) is 1.60. The molecule has 140 valence electrons. The Hall–Kier alpha value is -1.15. The minimum Gasteiger partial charge on any atom is -0.384 e. The number of aryl methyl sites for hydroxylation is 1. The van der Waals surface area contributed by atoms with Crippen molar-refractivity contribution in [2.75, 3.05) is 38.7 Å². The highest BCUT2D eigenvalue weighted by molar-refractivity contribution is 9.10. The van der Waals surface area contributed by atoms with Crippen molar-refractivity contribution in [3.8, 4) is 0 Å². The van der Waals surface area contributed by atoms with Gasteiger partial charge in [-0.2, -0.15) is 0 Å². The molecule has 1 aliphatic heterocycles. The number of carbonyl (C=O) groups excluding carboxylic acids is 2. The van der Waals surface area contributed by atoms with Gasteiger partial charge in [-0.1, -0.05) is 15.9 Å². The molecule has 0 bridgehead atoms. The third-order valence-electron chi connectivity index (χ3n) is 4.31. The molecule has 1 aromatic carbocycles. The molecule has 0 aliphatic carbocycles. The van der Waals surface area contributed by atoms with Gasteiger partial charge in [0.15, 0.2) is 0 Å². The van der Waals surface area contributed by atoms with Crippen molar-refractivity contribution in [2.45, 2.75) is 19.8 Å². The number of carbonyl (C=O) groups is 2. The highest BCUT2D eigenvalue weighted by Gasteiger charge is 2.39. The maximum atomic E-state index is 12.6. The number of amides is 2. The largest absolute Gasteiger partial charge is 0.384 e. The molecule has 0 spiro atoms. The molecule has 1 saturated heterocycles. The molecule has 1 fully saturated rings. The van der Waals surface area contributed by atoms with Crippen LogP contribution in [0.5, 0.6) is 0 Å². The van der Waals surface area contributed by atoms with Gasteiger partial charge in [-0.25, -0.2) is 0 Å². The summed E-state index contributed by atoms with van der Waals surface area (Å²) in [5.41, 5.74) is 1.20. The van der Waals surface area contributed by atoms with Gasteiger partial charge in [-0.15, -0.1) is 12.4 Å². The molecule has 3 N–H and O–H groups in total. The van der Waals surface area contributed by atoms with Crippen LogP contribution in [-0.2, 0) is 14.3 Å². The SMILES string of the molecule is COCC1(C(=O)NCC(=O)Nc2ccc(Br)c(C)c2)CCNCC1.Cl. The highest BCUT2D eigenvalue weighted by Crippen LogP contribution is 2.29. The van der Waals surface area contributed by atoms with Crippen molar-refractivity contribution in [1.82, 2.24) is 10.6 Å². The lowest BCUT2D eigenvalue weighted by atomic mass is 9.78. The number of benzene rings is 1. The molecule has 25 heavy (non-hydrogen) atoms. The summed E-state index contributed by atoms with van der Waals surface area (Å²) in [5, 5.41) is 8.79. The third kappa shape index (κ3) is 5.95. The topological polar surface area (TPSA) is 79.5 Å². The molecular weight excluding hydrogens is 410 g/mol. The number of piperidine rings is 1. The maximum Gasteiger partial charge on any atom is 0.243 e. The van der Waals surface area contributed by atoms with E-state index in [1.807, 2.05) is 25.1 Å². The second kappa shape index (κ2) is 10.1. The van der Waals surface area contributed by atoms with Crippen molar-refractivity contribution >= 4 is 45.8 Å². The number of ether oxygens (including phenoxy) is 1. The predicted octanol–water partition coefficient (Wildman–Crippen LogP) is 2.25. The van der Waals surface area contributed by atoms with Gasteiger partial charge in [-0.3, -0.25) is 9.59 Å². The molecule has 2 rings (SSSR count). The van der Waals surface area contributed by atoms with Crippen LogP contribution in [0.2, 0.25) is 0 Å². The molecule has 1 aliphatic rings. The van der Waals surface area contributed by atoms with Crippen LogP contribution in [0.15, 0.2) is 22.7 Å². The third-order valence-corrected chi connectivity index (χ3v) is 5.20. The first-order valence-electron chi connectivity index (χ1n) is 8.01.